The number of rotatable bonds is 3. The van der Waals surface area contributed by atoms with Crippen LogP contribution in [0.15, 0.2) is 76.5 Å². The zero-order valence-electron chi connectivity index (χ0n) is 12.6. The summed E-state index contributed by atoms with van der Waals surface area (Å²) in [4.78, 5) is 16.1. The van der Waals surface area contributed by atoms with Crippen molar-refractivity contribution in [2.45, 2.75) is 0 Å². The highest BCUT2D eigenvalue weighted by Crippen LogP contribution is 2.28. The quantitative estimate of drug-likeness (QED) is 0.462. The standard InChI is InChI=1S/C19H13N3O2/c23-19(22-21-12-13-7-9-20-10-8-13)18-11-16-15-4-2-1-3-14(15)5-6-17(16)24-18/h1-12H,(H,22,23)/b21-12-. The number of hydrazone groups is 1. The van der Waals surface area contributed by atoms with Gasteiger partial charge in [0.05, 0.1) is 6.21 Å². The summed E-state index contributed by atoms with van der Waals surface area (Å²) in [5, 5.41) is 7.01. The highest BCUT2D eigenvalue weighted by atomic mass is 16.3. The summed E-state index contributed by atoms with van der Waals surface area (Å²) in [6.07, 6.45) is 4.87. The van der Waals surface area contributed by atoms with Gasteiger partial charge in [0.2, 0.25) is 0 Å². The van der Waals surface area contributed by atoms with Crippen molar-refractivity contribution in [2.24, 2.45) is 5.10 Å². The van der Waals surface area contributed by atoms with Gasteiger partial charge in [-0.1, -0.05) is 30.3 Å². The molecule has 116 valence electrons. The Labute approximate surface area is 137 Å². The van der Waals surface area contributed by atoms with Crippen molar-refractivity contribution in [1.82, 2.24) is 10.4 Å². The van der Waals surface area contributed by atoms with Crippen molar-refractivity contribution in [1.29, 1.82) is 0 Å². The van der Waals surface area contributed by atoms with Crippen LogP contribution in [-0.2, 0) is 0 Å². The molecule has 24 heavy (non-hydrogen) atoms. The zero-order valence-corrected chi connectivity index (χ0v) is 12.6. The first-order valence-corrected chi connectivity index (χ1v) is 7.46. The van der Waals surface area contributed by atoms with E-state index in [0.29, 0.717) is 5.58 Å². The third-order valence-corrected chi connectivity index (χ3v) is 3.74. The van der Waals surface area contributed by atoms with Gasteiger partial charge >= 0.3 is 5.91 Å². The molecule has 2 heterocycles. The monoisotopic (exact) mass is 315 g/mol. The van der Waals surface area contributed by atoms with Crippen LogP contribution in [0.2, 0.25) is 0 Å². The van der Waals surface area contributed by atoms with Gasteiger partial charge in [-0.25, -0.2) is 5.43 Å². The number of aromatic nitrogens is 1. The summed E-state index contributed by atoms with van der Waals surface area (Å²) in [6.45, 7) is 0. The van der Waals surface area contributed by atoms with Crippen LogP contribution in [-0.4, -0.2) is 17.1 Å². The predicted octanol–water partition coefficient (Wildman–Crippen LogP) is 3.74. The summed E-state index contributed by atoms with van der Waals surface area (Å²) in [6, 6.07) is 17.2. The van der Waals surface area contributed by atoms with Crippen LogP contribution >= 0.6 is 0 Å². The first-order chi connectivity index (χ1) is 11.8. The second kappa shape index (κ2) is 5.96. The van der Waals surface area contributed by atoms with E-state index in [1.54, 1.807) is 36.8 Å². The number of carbonyl (C=O) groups excluding carboxylic acids is 1. The molecule has 0 unspecified atom stereocenters. The van der Waals surface area contributed by atoms with E-state index in [1.165, 1.54) is 0 Å². The molecule has 2 aromatic heterocycles. The van der Waals surface area contributed by atoms with Gasteiger partial charge in [-0.3, -0.25) is 9.78 Å². The number of nitrogens with zero attached hydrogens (tertiary/aromatic N) is 2. The molecule has 5 heteroatoms. The maximum atomic E-state index is 12.2. The van der Waals surface area contributed by atoms with Gasteiger partial charge in [-0.15, -0.1) is 0 Å². The minimum atomic E-state index is -0.388. The second-order valence-electron chi connectivity index (χ2n) is 5.29. The lowest BCUT2D eigenvalue weighted by Crippen LogP contribution is -2.16. The number of amides is 1. The van der Waals surface area contributed by atoms with Crippen LogP contribution < -0.4 is 5.43 Å². The normalized spacial score (nSPS) is 11.3. The highest BCUT2D eigenvalue weighted by molar-refractivity contribution is 6.08. The lowest BCUT2D eigenvalue weighted by molar-refractivity contribution is 0.0929. The third-order valence-electron chi connectivity index (χ3n) is 3.74. The van der Waals surface area contributed by atoms with Crippen molar-refractivity contribution < 1.29 is 9.21 Å². The van der Waals surface area contributed by atoms with Crippen LogP contribution in [0.5, 0.6) is 0 Å². The van der Waals surface area contributed by atoms with Gasteiger partial charge in [0, 0.05) is 17.8 Å². The maximum Gasteiger partial charge on any atom is 0.307 e. The summed E-state index contributed by atoms with van der Waals surface area (Å²) >= 11 is 0. The van der Waals surface area contributed by atoms with Crippen LogP contribution in [0.1, 0.15) is 16.1 Å². The number of nitrogens with one attached hydrogen (secondary N) is 1. The highest BCUT2D eigenvalue weighted by Gasteiger charge is 2.13. The molecule has 0 radical (unpaired) electrons. The van der Waals surface area contributed by atoms with Gasteiger partial charge in [-0.2, -0.15) is 5.10 Å². The number of pyridine rings is 1. The smallest absolute Gasteiger partial charge is 0.307 e. The van der Waals surface area contributed by atoms with Crippen LogP contribution in [0.3, 0.4) is 0 Å². The minimum Gasteiger partial charge on any atom is -0.451 e. The maximum absolute atomic E-state index is 12.2. The Kier molecular flexibility index (Phi) is 3.51. The second-order valence-corrected chi connectivity index (χ2v) is 5.29. The molecule has 5 nitrogen and oxygen atoms in total. The molecule has 4 rings (SSSR count). The summed E-state index contributed by atoms with van der Waals surface area (Å²) in [7, 11) is 0. The Bertz CT molecular complexity index is 1050. The molecule has 0 saturated carbocycles. The molecule has 0 atom stereocenters. The number of hydrogen-bond donors (Lipinski definition) is 1. The molecular formula is C19H13N3O2. The van der Waals surface area contributed by atoms with E-state index in [4.69, 9.17) is 4.42 Å². The third kappa shape index (κ3) is 2.63. The zero-order chi connectivity index (χ0) is 16.4. The van der Waals surface area contributed by atoms with Crippen LogP contribution in [0.25, 0.3) is 21.7 Å². The number of hydrogen-bond acceptors (Lipinski definition) is 4. The number of benzene rings is 2. The predicted molar refractivity (Wildman–Crippen MR) is 93.0 cm³/mol. The topological polar surface area (TPSA) is 67.5 Å². The van der Waals surface area contributed by atoms with E-state index in [9.17, 15) is 4.79 Å². The molecule has 0 fully saturated rings. The molecule has 0 aliphatic heterocycles. The Morgan fingerprint density at radius 2 is 1.88 bits per heavy atom. The number of fused-ring (bicyclic) bond motifs is 3. The fraction of sp³-hybridized carbons (Fsp3) is 0. The Balaban J connectivity index is 1.60. The first-order valence-electron chi connectivity index (χ1n) is 7.46. The fourth-order valence-electron chi connectivity index (χ4n) is 2.57. The molecule has 0 aliphatic rings. The Morgan fingerprint density at radius 1 is 1.04 bits per heavy atom. The van der Waals surface area contributed by atoms with E-state index in [1.807, 2.05) is 36.4 Å². The van der Waals surface area contributed by atoms with Gasteiger partial charge in [0.1, 0.15) is 5.58 Å². The Morgan fingerprint density at radius 3 is 2.75 bits per heavy atom. The summed E-state index contributed by atoms with van der Waals surface area (Å²) < 4.78 is 5.64. The van der Waals surface area contributed by atoms with E-state index >= 15 is 0 Å². The van der Waals surface area contributed by atoms with Gasteiger partial charge in [0.25, 0.3) is 0 Å². The van der Waals surface area contributed by atoms with Crippen molar-refractivity contribution in [2.75, 3.05) is 0 Å². The molecule has 0 saturated heterocycles. The van der Waals surface area contributed by atoms with E-state index in [2.05, 4.69) is 15.5 Å². The van der Waals surface area contributed by atoms with E-state index in [0.717, 1.165) is 21.7 Å². The van der Waals surface area contributed by atoms with Gasteiger partial charge in [0.15, 0.2) is 5.76 Å². The lowest BCUT2D eigenvalue weighted by atomic mass is 10.1. The lowest BCUT2D eigenvalue weighted by Gasteiger charge is -1.96. The molecule has 0 bridgehead atoms. The molecule has 2 aromatic carbocycles. The molecule has 4 aromatic rings. The van der Waals surface area contributed by atoms with Gasteiger partial charge < -0.3 is 4.42 Å². The molecule has 1 N–H and O–H groups in total. The van der Waals surface area contributed by atoms with Crippen molar-refractivity contribution in [3.8, 4) is 0 Å². The molecular weight excluding hydrogens is 302 g/mol. The molecule has 1 amide bonds. The summed E-state index contributed by atoms with van der Waals surface area (Å²) in [5.74, 6) is -0.159. The average Bonchev–Trinajstić information content (AvgIpc) is 3.07. The SMILES string of the molecule is O=C(N/N=C\c1ccncc1)c1cc2c(ccc3ccccc32)o1. The summed E-state index contributed by atoms with van der Waals surface area (Å²) in [5.41, 5.74) is 4.00. The molecule has 0 aliphatic carbocycles. The van der Waals surface area contributed by atoms with Crippen LogP contribution in [0, 0.1) is 0 Å². The average molecular weight is 315 g/mol. The fourth-order valence-corrected chi connectivity index (χ4v) is 2.57. The van der Waals surface area contributed by atoms with E-state index in [-0.39, 0.29) is 11.7 Å². The van der Waals surface area contributed by atoms with Crippen molar-refractivity contribution in [3.63, 3.8) is 0 Å². The van der Waals surface area contributed by atoms with Crippen molar-refractivity contribution >= 4 is 33.9 Å². The first kappa shape index (κ1) is 14.1. The van der Waals surface area contributed by atoms with Crippen molar-refractivity contribution in [3.05, 3.63) is 78.3 Å². The van der Waals surface area contributed by atoms with E-state index < -0.39 is 0 Å². The van der Waals surface area contributed by atoms with Gasteiger partial charge in [-0.05, 0) is 40.6 Å². The number of furan rings is 1. The largest absolute Gasteiger partial charge is 0.451 e. The Hall–Kier alpha value is -3.47. The number of carbonyl (C=O) groups is 1. The van der Waals surface area contributed by atoms with Crippen LogP contribution in [0.4, 0.5) is 0 Å². The minimum absolute atomic E-state index is 0.230. The molecule has 0 spiro atoms.